The predicted molar refractivity (Wildman–Crippen MR) is 116 cm³/mol. The van der Waals surface area contributed by atoms with Gasteiger partial charge >= 0.3 is 0 Å². The molecule has 0 aliphatic carbocycles. The fourth-order valence-corrected chi connectivity index (χ4v) is 3.07. The lowest BCUT2D eigenvalue weighted by Gasteiger charge is -2.31. The number of halogens is 1. The maximum atomic E-state index is 13.3. The highest BCUT2D eigenvalue weighted by Gasteiger charge is 2.22. The van der Waals surface area contributed by atoms with E-state index in [1.165, 1.54) is 24.3 Å². The summed E-state index contributed by atoms with van der Waals surface area (Å²) in [6, 6.07) is 11.3. The average Bonchev–Trinajstić information content (AvgIpc) is 2.71. The Hall–Kier alpha value is -2.89. The van der Waals surface area contributed by atoms with Crippen molar-refractivity contribution in [1.82, 2.24) is 4.90 Å². The van der Waals surface area contributed by atoms with Gasteiger partial charge in [0.1, 0.15) is 5.82 Å². The summed E-state index contributed by atoms with van der Waals surface area (Å²) in [7, 11) is 3.89. The van der Waals surface area contributed by atoms with Crippen molar-refractivity contribution < 1.29 is 14.0 Å². The van der Waals surface area contributed by atoms with Gasteiger partial charge in [-0.2, -0.15) is 0 Å². The summed E-state index contributed by atoms with van der Waals surface area (Å²) in [5, 5.41) is 2.88. The van der Waals surface area contributed by atoms with Crippen molar-refractivity contribution in [2.24, 2.45) is 0 Å². The van der Waals surface area contributed by atoms with Gasteiger partial charge in [0, 0.05) is 50.0 Å². The molecule has 2 aromatic carbocycles. The lowest BCUT2D eigenvalue weighted by Crippen LogP contribution is -2.38. The number of benzene rings is 2. The first kappa shape index (κ1) is 22.4. The van der Waals surface area contributed by atoms with Gasteiger partial charge in [-0.25, -0.2) is 4.39 Å². The highest BCUT2D eigenvalue weighted by atomic mass is 19.1. The average molecular weight is 400 g/mol. The first-order chi connectivity index (χ1) is 13.8. The number of rotatable bonds is 8. The molecule has 2 rings (SSSR count). The lowest BCUT2D eigenvalue weighted by molar-refractivity contribution is -0.115. The minimum absolute atomic E-state index is 0.00328. The van der Waals surface area contributed by atoms with Gasteiger partial charge in [0.25, 0.3) is 5.91 Å². The highest BCUT2D eigenvalue weighted by molar-refractivity contribution is 5.94. The van der Waals surface area contributed by atoms with E-state index in [-0.39, 0.29) is 23.7 Å². The number of carbonyl (C=O) groups excluding carboxylic acids is 2. The van der Waals surface area contributed by atoms with Crippen molar-refractivity contribution in [1.29, 1.82) is 0 Å². The quantitative estimate of drug-likeness (QED) is 0.701. The normalized spacial score (nSPS) is 11.7. The number of hydrogen-bond acceptors (Lipinski definition) is 3. The maximum absolute atomic E-state index is 13.3. The molecule has 6 heteroatoms. The van der Waals surface area contributed by atoms with Gasteiger partial charge in [-0.05, 0) is 61.4 Å². The van der Waals surface area contributed by atoms with Crippen LogP contribution in [0, 0.1) is 5.82 Å². The Labute approximate surface area is 172 Å². The SMILES string of the molecule is CCC(=O)Nc1ccc(N(C)C)c(CN(C(=O)c2ccc(F)cc2)[C@@H](C)CC)c1. The molecule has 156 valence electrons. The van der Waals surface area contributed by atoms with Crippen molar-refractivity contribution in [2.75, 3.05) is 24.3 Å². The molecule has 0 saturated heterocycles. The molecule has 1 N–H and O–H groups in total. The molecule has 0 aliphatic rings. The van der Waals surface area contributed by atoms with Crippen LogP contribution in [0.2, 0.25) is 0 Å². The monoisotopic (exact) mass is 399 g/mol. The summed E-state index contributed by atoms with van der Waals surface area (Å²) in [6.45, 7) is 6.21. The lowest BCUT2D eigenvalue weighted by atomic mass is 10.1. The van der Waals surface area contributed by atoms with E-state index in [2.05, 4.69) is 5.32 Å². The maximum Gasteiger partial charge on any atom is 0.254 e. The van der Waals surface area contributed by atoms with Crippen molar-refractivity contribution in [2.45, 2.75) is 46.2 Å². The third-order valence-electron chi connectivity index (χ3n) is 4.98. The van der Waals surface area contributed by atoms with Crippen LogP contribution in [0.4, 0.5) is 15.8 Å². The molecule has 2 aromatic rings. The summed E-state index contributed by atoms with van der Waals surface area (Å²) in [5.74, 6) is -0.576. The van der Waals surface area contributed by atoms with Crippen LogP contribution in [0.15, 0.2) is 42.5 Å². The van der Waals surface area contributed by atoms with E-state index in [4.69, 9.17) is 0 Å². The zero-order valence-corrected chi connectivity index (χ0v) is 17.8. The minimum Gasteiger partial charge on any atom is -0.377 e. The fourth-order valence-electron chi connectivity index (χ4n) is 3.07. The summed E-state index contributed by atoms with van der Waals surface area (Å²) >= 11 is 0. The number of carbonyl (C=O) groups is 2. The van der Waals surface area contributed by atoms with Gasteiger partial charge < -0.3 is 15.1 Å². The van der Waals surface area contributed by atoms with Gasteiger partial charge in [-0.3, -0.25) is 9.59 Å². The van der Waals surface area contributed by atoms with Gasteiger partial charge in [-0.15, -0.1) is 0 Å². The van der Waals surface area contributed by atoms with Crippen molar-refractivity contribution in [3.8, 4) is 0 Å². The molecule has 1 atom stereocenters. The third-order valence-corrected chi connectivity index (χ3v) is 4.98. The Balaban J connectivity index is 2.40. The second-order valence-corrected chi connectivity index (χ2v) is 7.34. The standard InChI is InChI=1S/C23H30FN3O2/c1-6-16(3)27(23(29)17-8-10-19(24)11-9-17)15-18-14-20(25-22(28)7-2)12-13-21(18)26(4)5/h8-14,16H,6-7,15H2,1-5H3,(H,25,28)/t16-/m0/s1. The van der Waals surface area contributed by atoms with Crippen LogP contribution in [0.25, 0.3) is 0 Å². The second-order valence-electron chi connectivity index (χ2n) is 7.34. The van der Waals surface area contributed by atoms with Crippen LogP contribution < -0.4 is 10.2 Å². The molecule has 0 spiro atoms. The van der Waals surface area contributed by atoms with Gasteiger partial charge in [-0.1, -0.05) is 13.8 Å². The van der Waals surface area contributed by atoms with Crippen molar-refractivity contribution in [3.63, 3.8) is 0 Å². The molecule has 0 saturated carbocycles. The molecule has 0 aromatic heterocycles. The largest absolute Gasteiger partial charge is 0.377 e. The molecule has 0 aliphatic heterocycles. The zero-order valence-electron chi connectivity index (χ0n) is 17.8. The van der Waals surface area contributed by atoms with Crippen molar-refractivity contribution >= 4 is 23.2 Å². The molecule has 0 unspecified atom stereocenters. The fraction of sp³-hybridized carbons (Fsp3) is 0.391. The zero-order chi connectivity index (χ0) is 21.6. The minimum atomic E-state index is -0.370. The van der Waals surface area contributed by atoms with Crippen LogP contribution in [0.1, 0.15) is 49.5 Å². The Morgan fingerprint density at radius 2 is 1.72 bits per heavy atom. The summed E-state index contributed by atoms with van der Waals surface area (Å²) in [5.41, 5.74) is 3.06. The third kappa shape index (κ3) is 5.79. The molecule has 2 amide bonds. The van der Waals surface area contributed by atoms with E-state index in [0.29, 0.717) is 24.2 Å². The van der Waals surface area contributed by atoms with Crippen LogP contribution in [0.5, 0.6) is 0 Å². The van der Waals surface area contributed by atoms with E-state index in [1.807, 2.05) is 51.0 Å². The van der Waals surface area contributed by atoms with E-state index in [1.54, 1.807) is 11.8 Å². The van der Waals surface area contributed by atoms with Gasteiger partial charge in [0.15, 0.2) is 0 Å². The van der Waals surface area contributed by atoms with Crippen LogP contribution in [-0.2, 0) is 11.3 Å². The van der Waals surface area contributed by atoms with Crippen molar-refractivity contribution in [3.05, 3.63) is 59.4 Å². The second kappa shape index (κ2) is 10.0. The summed E-state index contributed by atoms with van der Waals surface area (Å²) in [6.07, 6.45) is 1.18. The topological polar surface area (TPSA) is 52.7 Å². The van der Waals surface area contributed by atoms with E-state index >= 15 is 0 Å². The molecular weight excluding hydrogens is 369 g/mol. The Bertz CT molecular complexity index is 850. The molecule has 29 heavy (non-hydrogen) atoms. The highest BCUT2D eigenvalue weighted by Crippen LogP contribution is 2.26. The molecular formula is C23H30FN3O2. The van der Waals surface area contributed by atoms with Gasteiger partial charge in [0.2, 0.25) is 5.91 Å². The molecule has 0 bridgehead atoms. The molecule has 0 fully saturated rings. The number of amides is 2. The van der Waals surface area contributed by atoms with Gasteiger partial charge in [0.05, 0.1) is 0 Å². The van der Waals surface area contributed by atoms with E-state index < -0.39 is 0 Å². The number of hydrogen-bond donors (Lipinski definition) is 1. The predicted octanol–water partition coefficient (Wildman–Crippen LogP) is 4.68. The van der Waals surface area contributed by atoms with E-state index in [9.17, 15) is 14.0 Å². The smallest absolute Gasteiger partial charge is 0.254 e. The first-order valence-electron chi connectivity index (χ1n) is 9.93. The number of anilines is 2. The first-order valence-corrected chi connectivity index (χ1v) is 9.93. The van der Waals surface area contributed by atoms with Crippen LogP contribution in [0.3, 0.4) is 0 Å². The molecule has 0 heterocycles. The Morgan fingerprint density at radius 3 is 2.28 bits per heavy atom. The number of nitrogens with one attached hydrogen (secondary N) is 1. The van der Waals surface area contributed by atoms with Crippen LogP contribution in [-0.4, -0.2) is 36.9 Å². The Kier molecular flexibility index (Phi) is 7.76. The van der Waals surface area contributed by atoms with Crippen LogP contribution >= 0.6 is 0 Å². The summed E-state index contributed by atoms with van der Waals surface area (Å²) < 4.78 is 13.3. The summed E-state index contributed by atoms with van der Waals surface area (Å²) in [4.78, 5) is 28.7. The molecule has 0 radical (unpaired) electrons. The number of nitrogens with zero attached hydrogens (tertiary/aromatic N) is 2. The molecule has 5 nitrogen and oxygen atoms in total. The van der Waals surface area contributed by atoms with E-state index in [0.717, 1.165) is 17.7 Å². The Morgan fingerprint density at radius 1 is 1.07 bits per heavy atom.